The zero-order chi connectivity index (χ0) is 12.5. The van der Waals surface area contributed by atoms with Gasteiger partial charge in [-0.1, -0.05) is 23.7 Å². The quantitative estimate of drug-likeness (QED) is 0.534. The maximum absolute atomic E-state index is 6.03. The van der Waals surface area contributed by atoms with Gasteiger partial charge in [0.05, 0.1) is 0 Å². The molecule has 0 N–H and O–H groups in total. The number of benzene rings is 1. The van der Waals surface area contributed by atoms with E-state index >= 15 is 0 Å². The Morgan fingerprint density at radius 2 is 1.56 bits per heavy atom. The molecule has 0 aliphatic rings. The van der Waals surface area contributed by atoms with Gasteiger partial charge in [0.15, 0.2) is 0 Å². The Hall–Kier alpha value is -1.09. The van der Waals surface area contributed by atoms with Gasteiger partial charge in [0.1, 0.15) is 0 Å². The van der Waals surface area contributed by atoms with E-state index in [9.17, 15) is 0 Å². The molecule has 0 aliphatic heterocycles. The first-order valence-corrected chi connectivity index (χ1v) is 7.66. The van der Waals surface area contributed by atoms with Crippen LogP contribution < -0.4 is 0 Å². The van der Waals surface area contributed by atoms with Crippen LogP contribution in [-0.2, 0) is 0 Å². The van der Waals surface area contributed by atoms with Crippen molar-refractivity contribution in [3.05, 3.63) is 58.4 Å². The molecule has 0 aliphatic carbocycles. The fraction of sp³-hybridized carbons (Fsp3) is 0.0667. The third-order valence-electron chi connectivity index (χ3n) is 2.70. The van der Waals surface area contributed by atoms with Crippen molar-refractivity contribution in [2.24, 2.45) is 0 Å². The van der Waals surface area contributed by atoms with Gasteiger partial charge in [-0.2, -0.15) is 0 Å². The largest absolute Gasteiger partial charge is 0.140 e. The third kappa shape index (κ3) is 2.37. The van der Waals surface area contributed by atoms with Crippen LogP contribution in [0, 0.1) is 6.92 Å². The topological polar surface area (TPSA) is 0 Å². The average Bonchev–Trinajstić information content (AvgIpc) is 2.97. The van der Waals surface area contributed by atoms with E-state index in [1.165, 1.54) is 25.1 Å². The zero-order valence-corrected chi connectivity index (χ0v) is 12.2. The van der Waals surface area contributed by atoms with E-state index in [2.05, 4.69) is 37.3 Å². The summed E-state index contributed by atoms with van der Waals surface area (Å²) in [7, 11) is 0. The van der Waals surface area contributed by atoms with E-state index in [-0.39, 0.29) is 0 Å². The third-order valence-corrected chi connectivity index (χ3v) is 5.26. The minimum absolute atomic E-state index is 0.786. The van der Waals surface area contributed by atoms with Crippen molar-refractivity contribution in [1.82, 2.24) is 0 Å². The molecular formula is C15H11ClS2. The van der Waals surface area contributed by atoms with Gasteiger partial charge < -0.3 is 0 Å². The number of halogens is 1. The highest BCUT2D eigenvalue weighted by Crippen LogP contribution is 2.37. The van der Waals surface area contributed by atoms with Crippen LogP contribution in [0.3, 0.4) is 0 Å². The fourth-order valence-electron chi connectivity index (χ4n) is 1.83. The van der Waals surface area contributed by atoms with E-state index in [4.69, 9.17) is 11.6 Å². The first-order valence-electron chi connectivity index (χ1n) is 5.65. The van der Waals surface area contributed by atoms with Crippen LogP contribution in [0.15, 0.2) is 48.5 Å². The molecule has 90 valence electrons. The van der Waals surface area contributed by atoms with Gasteiger partial charge in [0.25, 0.3) is 0 Å². The number of thiophene rings is 2. The Bertz CT molecular complexity index is 679. The predicted octanol–water partition coefficient (Wildman–Crippen LogP) is 6.11. The summed E-state index contributed by atoms with van der Waals surface area (Å²) in [5.41, 5.74) is 1.19. The number of aryl methyl sites for hydroxylation is 1. The second-order valence-electron chi connectivity index (χ2n) is 4.08. The Morgan fingerprint density at radius 1 is 0.833 bits per heavy atom. The summed E-state index contributed by atoms with van der Waals surface area (Å²) in [6.45, 7) is 2.14. The number of rotatable bonds is 2. The molecule has 0 saturated carbocycles. The molecule has 18 heavy (non-hydrogen) atoms. The molecule has 3 aromatic rings. The van der Waals surface area contributed by atoms with E-state index in [1.807, 2.05) is 40.9 Å². The number of hydrogen-bond donors (Lipinski definition) is 0. The lowest BCUT2D eigenvalue weighted by atomic mass is 10.2. The second-order valence-corrected chi connectivity index (χ2v) is 6.89. The van der Waals surface area contributed by atoms with Crippen molar-refractivity contribution in [3.63, 3.8) is 0 Å². The minimum Gasteiger partial charge on any atom is -0.140 e. The standard InChI is InChI=1S/C15H11ClS2/c1-10-5-6-14(17-10)15-8-7-13(18-15)11-3-2-4-12(16)9-11/h2-9H,1H3. The van der Waals surface area contributed by atoms with Crippen molar-refractivity contribution in [1.29, 1.82) is 0 Å². The van der Waals surface area contributed by atoms with Crippen molar-refractivity contribution in [3.8, 4) is 20.2 Å². The van der Waals surface area contributed by atoms with Crippen molar-refractivity contribution in [2.45, 2.75) is 6.92 Å². The Morgan fingerprint density at radius 3 is 2.28 bits per heavy atom. The van der Waals surface area contributed by atoms with Crippen molar-refractivity contribution >= 4 is 34.3 Å². The Kier molecular flexibility index (Phi) is 3.25. The molecule has 0 bridgehead atoms. The summed E-state index contributed by atoms with van der Waals surface area (Å²) in [4.78, 5) is 5.27. The highest BCUT2D eigenvalue weighted by molar-refractivity contribution is 7.23. The molecule has 2 heterocycles. The molecule has 0 spiro atoms. The molecule has 0 fully saturated rings. The Balaban J connectivity index is 1.99. The predicted molar refractivity (Wildman–Crippen MR) is 82.8 cm³/mol. The van der Waals surface area contributed by atoms with Gasteiger partial charge in [-0.3, -0.25) is 0 Å². The summed E-state index contributed by atoms with van der Waals surface area (Å²) < 4.78 is 0. The first kappa shape index (κ1) is 12.0. The van der Waals surface area contributed by atoms with Crippen LogP contribution in [0.1, 0.15) is 4.88 Å². The van der Waals surface area contributed by atoms with Crippen LogP contribution >= 0.6 is 34.3 Å². The molecule has 2 aromatic heterocycles. The van der Waals surface area contributed by atoms with Crippen LogP contribution in [0.5, 0.6) is 0 Å². The molecule has 0 saturated heterocycles. The molecule has 0 nitrogen and oxygen atoms in total. The summed E-state index contributed by atoms with van der Waals surface area (Å²) in [6, 6.07) is 16.7. The van der Waals surface area contributed by atoms with Crippen molar-refractivity contribution in [2.75, 3.05) is 0 Å². The molecular weight excluding hydrogens is 280 g/mol. The van der Waals surface area contributed by atoms with Gasteiger partial charge >= 0.3 is 0 Å². The van der Waals surface area contributed by atoms with Crippen LogP contribution in [0.2, 0.25) is 5.02 Å². The SMILES string of the molecule is Cc1ccc(-c2ccc(-c3cccc(Cl)c3)s2)s1. The van der Waals surface area contributed by atoms with E-state index in [0.29, 0.717) is 0 Å². The molecule has 1 aromatic carbocycles. The summed E-state index contributed by atoms with van der Waals surface area (Å²) in [5.74, 6) is 0. The highest BCUT2D eigenvalue weighted by atomic mass is 35.5. The molecule has 0 amide bonds. The highest BCUT2D eigenvalue weighted by Gasteiger charge is 2.06. The molecule has 0 radical (unpaired) electrons. The zero-order valence-electron chi connectivity index (χ0n) is 9.81. The van der Waals surface area contributed by atoms with Gasteiger partial charge in [-0.05, 0) is 48.9 Å². The minimum atomic E-state index is 0.786. The normalized spacial score (nSPS) is 10.8. The monoisotopic (exact) mass is 290 g/mol. The van der Waals surface area contributed by atoms with E-state index in [1.54, 1.807) is 0 Å². The van der Waals surface area contributed by atoms with Gasteiger partial charge in [-0.25, -0.2) is 0 Å². The molecule has 3 rings (SSSR count). The van der Waals surface area contributed by atoms with E-state index in [0.717, 1.165) is 5.02 Å². The van der Waals surface area contributed by atoms with Gasteiger partial charge in [0, 0.05) is 24.5 Å². The van der Waals surface area contributed by atoms with Crippen molar-refractivity contribution < 1.29 is 0 Å². The smallest absolute Gasteiger partial charge is 0.0449 e. The lowest BCUT2D eigenvalue weighted by Crippen LogP contribution is -1.70. The fourth-order valence-corrected chi connectivity index (χ4v) is 3.98. The summed E-state index contributed by atoms with van der Waals surface area (Å²) >= 11 is 9.68. The average molecular weight is 291 g/mol. The maximum atomic E-state index is 6.03. The maximum Gasteiger partial charge on any atom is 0.0449 e. The van der Waals surface area contributed by atoms with E-state index < -0.39 is 0 Å². The van der Waals surface area contributed by atoms with Crippen LogP contribution in [0.25, 0.3) is 20.2 Å². The van der Waals surface area contributed by atoms with Gasteiger partial charge in [-0.15, -0.1) is 22.7 Å². The molecule has 0 unspecified atom stereocenters. The molecule has 0 atom stereocenters. The van der Waals surface area contributed by atoms with Crippen LogP contribution in [-0.4, -0.2) is 0 Å². The summed E-state index contributed by atoms with van der Waals surface area (Å²) in [6.07, 6.45) is 0. The second kappa shape index (κ2) is 4.88. The lowest BCUT2D eigenvalue weighted by Gasteiger charge is -1.97. The Labute approximate surface area is 119 Å². The summed E-state index contributed by atoms with van der Waals surface area (Å²) in [5, 5.41) is 0.786. The van der Waals surface area contributed by atoms with Crippen LogP contribution in [0.4, 0.5) is 0 Å². The number of hydrogen-bond acceptors (Lipinski definition) is 2. The first-order chi connectivity index (χ1) is 8.72. The molecule has 3 heteroatoms. The van der Waals surface area contributed by atoms with Gasteiger partial charge in [0.2, 0.25) is 0 Å². The lowest BCUT2D eigenvalue weighted by molar-refractivity contribution is 1.64.